The molecule has 1 aliphatic rings. The number of aldehydes is 1. The number of rotatable bonds is 2. The van der Waals surface area contributed by atoms with Crippen LogP contribution in [0.4, 0.5) is 0 Å². The molecule has 1 aliphatic heterocycles. The molecule has 1 aromatic carbocycles. The van der Waals surface area contributed by atoms with Crippen LogP contribution in [0, 0.1) is 0 Å². The molecule has 0 radical (unpaired) electrons. The summed E-state index contributed by atoms with van der Waals surface area (Å²) in [5.41, 5.74) is 0.628. The van der Waals surface area contributed by atoms with Crippen molar-refractivity contribution in [3.63, 3.8) is 0 Å². The topological polar surface area (TPSA) is 26.3 Å². The highest BCUT2D eigenvalue weighted by Crippen LogP contribution is 2.32. The van der Waals surface area contributed by atoms with Crippen molar-refractivity contribution in [2.45, 2.75) is 11.8 Å². The van der Waals surface area contributed by atoms with Crippen LogP contribution in [-0.4, -0.2) is 19.5 Å². The van der Waals surface area contributed by atoms with Crippen molar-refractivity contribution in [1.82, 2.24) is 0 Å². The van der Waals surface area contributed by atoms with Crippen LogP contribution in [0.25, 0.3) is 0 Å². The highest BCUT2D eigenvalue weighted by atomic mass is 79.9. The summed E-state index contributed by atoms with van der Waals surface area (Å²) in [5, 5.41) is 0. The van der Waals surface area contributed by atoms with Crippen LogP contribution >= 0.6 is 15.9 Å². The number of hydrogen-bond acceptors (Lipinski definition) is 2. The van der Waals surface area contributed by atoms with E-state index in [1.165, 1.54) is 0 Å². The molecular formula is C11H11BrO2. The molecule has 0 amide bonds. The Bertz CT molecular complexity index is 343. The Morgan fingerprint density at radius 2 is 2.36 bits per heavy atom. The van der Waals surface area contributed by atoms with Gasteiger partial charge < -0.3 is 9.53 Å². The van der Waals surface area contributed by atoms with E-state index in [1.807, 2.05) is 24.3 Å². The average Bonchev–Trinajstić information content (AvgIpc) is 2.67. The molecule has 0 N–H and O–H groups in total. The Labute approximate surface area is 91.4 Å². The third kappa shape index (κ3) is 1.62. The minimum atomic E-state index is -0.413. The summed E-state index contributed by atoms with van der Waals surface area (Å²) in [5.74, 6) is 0. The average molecular weight is 255 g/mol. The van der Waals surface area contributed by atoms with Gasteiger partial charge in [0.25, 0.3) is 0 Å². The van der Waals surface area contributed by atoms with E-state index >= 15 is 0 Å². The van der Waals surface area contributed by atoms with Gasteiger partial charge in [0.1, 0.15) is 6.29 Å². The maximum atomic E-state index is 11.1. The fourth-order valence-electron chi connectivity index (χ4n) is 1.77. The van der Waals surface area contributed by atoms with Gasteiger partial charge in [0.05, 0.1) is 12.0 Å². The van der Waals surface area contributed by atoms with E-state index in [0.29, 0.717) is 13.2 Å². The third-order valence-corrected chi connectivity index (χ3v) is 3.17. The van der Waals surface area contributed by atoms with Gasteiger partial charge in [-0.1, -0.05) is 28.1 Å². The second-order valence-corrected chi connectivity index (χ2v) is 4.50. The minimum Gasteiger partial charge on any atom is -0.380 e. The Hall–Kier alpha value is -0.670. The van der Waals surface area contributed by atoms with Crippen LogP contribution in [0.3, 0.4) is 0 Å². The van der Waals surface area contributed by atoms with Crippen molar-refractivity contribution in [3.8, 4) is 0 Å². The zero-order valence-electron chi connectivity index (χ0n) is 7.70. The monoisotopic (exact) mass is 254 g/mol. The Kier molecular flexibility index (Phi) is 2.70. The summed E-state index contributed by atoms with van der Waals surface area (Å²) in [6, 6.07) is 7.87. The highest BCUT2D eigenvalue weighted by Gasteiger charge is 2.36. The van der Waals surface area contributed by atoms with E-state index in [1.54, 1.807) is 0 Å². The second kappa shape index (κ2) is 3.83. The lowest BCUT2D eigenvalue weighted by Crippen LogP contribution is -2.28. The molecule has 1 saturated heterocycles. The van der Waals surface area contributed by atoms with E-state index in [4.69, 9.17) is 4.74 Å². The molecule has 0 aliphatic carbocycles. The number of ether oxygens (including phenoxy) is 1. The van der Waals surface area contributed by atoms with Crippen molar-refractivity contribution in [2.75, 3.05) is 13.2 Å². The van der Waals surface area contributed by atoms with Gasteiger partial charge in [0.2, 0.25) is 0 Å². The number of benzene rings is 1. The smallest absolute Gasteiger partial charge is 0.132 e. The molecular weight excluding hydrogens is 244 g/mol. The zero-order chi connectivity index (χ0) is 10.0. The third-order valence-electron chi connectivity index (χ3n) is 2.68. The molecule has 2 rings (SSSR count). The van der Waals surface area contributed by atoms with Gasteiger partial charge in [-0.05, 0) is 24.1 Å². The molecule has 1 aromatic rings. The van der Waals surface area contributed by atoms with Gasteiger partial charge in [0.15, 0.2) is 0 Å². The molecule has 0 saturated carbocycles. The Morgan fingerprint density at radius 1 is 1.50 bits per heavy atom. The molecule has 3 heteroatoms. The van der Waals surface area contributed by atoms with Gasteiger partial charge in [-0.3, -0.25) is 0 Å². The molecule has 74 valence electrons. The fraction of sp³-hybridized carbons (Fsp3) is 0.364. The van der Waals surface area contributed by atoms with Crippen LogP contribution in [-0.2, 0) is 14.9 Å². The lowest BCUT2D eigenvalue weighted by Gasteiger charge is -2.20. The first kappa shape index (κ1) is 9.87. The van der Waals surface area contributed by atoms with Gasteiger partial charge >= 0.3 is 0 Å². The standard InChI is InChI=1S/C11H11BrO2/c12-10-3-1-2-9(6-10)11(7-13)4-5-14-8-11/h1-3,6-7H,4-5,8H2. The van der Waals surface area contributed by atoms with Crippen molar-refractivity contribution in [3.05, 3.63) is 34.3 Å². The number of carbonyl (C=O) groups excluding carboxylic acids is 1. The van der Waals surface area contributed by atoms with Crippen LogP contribution in [0.1, 0.15) is 12.0 Å². The van der Waals surface area contributed by atoms with E-state index in [-0.39, 0.29) is 0 Å². The lowest BCUT2D eigenvalue weighted by molar-refractivity contribution is -0.112. The predicted molar refractivity (Wildman–Crippen MR) is 57.3 cm³/mol. The van der Waals surface area contributed by atoms with E-state index in [0.717, 1.165) is 22.7 Å². The maximum Gasteiger partial charge on any atom is 0.132 e. The largest absolute Gasteiger partial charge is 0.380 e. The van der Waals surface area contributed by atoms with Crippen LogP contribution in [0.15, 0.2) is 28.7 Å². The van der Waals surface area contributed by atoms with E-state index in [9.17, 15) is 4.79 Å². The first-order chi connectivity index (χ1) is 6.77. The SMILES string of the molecule is O=CC1(c2cccc(Br)c2)CCOC1. The molecule has 0 spiro atoms. The van der Waals surface area contributed by atoms with Crippen molar-refractivity contribution >= 4 is 22.2 Å². The summed E-state index contributed by atoms with van der Waals surface area (Å²) >= 11 is 3.41. The molecule has 1 fully saturated rings. The van der Waals surface area contributed by atoms with Crippen LogP contribution in [0.2, 0.25) is 0 Å². The molecule has 2 nitrogen and oxygen atoms in total. The van der Waals surface area contributed by atoms with Gasteiger partial charge in [0, 0.05) is 11.1 Å². The number of hydrogen-bond donors (Lipinski definition) is 0. The van der Waals surface area contributed by atoms with Crippen molar-refractivity contribution < 1.29 is 9.53 Å². The van der Waals surface area contributed by atoms with Gasteiger partial charge in [-0.15, -0.1) is 0 Å². The molecule has 1 unspecified atom stereocenters. The van der Waals surface area contributed by atoms with E-state index in [2.05, 4.69) is 15.9 Å². The zero-order valence-corrected chi connectivity index (χ0v) is 9.29. The summed E-state index contributed by atoms with van der Waals surface area (Å²) < 4.78 is 6.30. The first-order valence-corrected chi connectivity index (χ1v) is 5.36. The number of halogens is 1. The normalized spacial score (nSPS) is 26.4. The molecule has 1 heterocycles. The number of carbonyl (C=O) groups is 1. The summed E-state index contributed by atoms with van der Waals surface area (Å²) in [7, 11) is 0. The first-order valence-electron chi connectivity index (χ1n) is 4.57. The van der Waals surface area contributed by atoms with Gasteiger partial charge in [-0.2, -0.15) is 0 Å². The summed E-state index contributed by atoms with van der Waals surface area (Å²) in [4.78, 5) is 11.1. The quantitative estimate of drug-likeness (QED) is 0.758. The molecule has 1 atom stereocenters. The fourth-order valence-corrected chi connectivity index (χ4v) is 2.17. The van der Waals surface area contributed by atoms with Crippen molar-refractivity contribution in [2.24, 2.45) is 0 Å². The van der Waals surface area contributed by atoms with Crippen molar-refractivity contribution in [1.29, 1.82) is 0 Å². The Balaban J connectivity index is 2.40. The lowest BCUT2D eigenvalue weighted by atomic mass is 9.81. The van der Waals surface area contributed by atoms with Gasteiger partial charge in [-0.25, -0.2) is 0 Å². The summed E-state index contributed by atoms with van der Waals surface area (Å²) in [6.07, 6.45) is 1.80. The maximum absolute atomic E-state index is 11.1. The Morgan fingerprint density at radius 3 is 2.93 bits per heavy atom. The van der Waals surface area contributed by atoms with Crippen LogP contribution in [0.5, 0.6) is 0 Å². The highest BCUT2D eigenvalue weighted by molar-refractivity contribution is 9.10. The minimum absolute atomic E-state index is 0.413. The molecule has 14 heavy (non-hydrogen) atoms. The van der Waals surface area contributed by atoms with E-state index < -0.39 is 5.41 Å². The molecule has 0 aromatic heterocycles. The predicted octanol–water partition coefficient (Wildman–Crippen LogP) is 2.31. The van der Waals surface area contributed by atoms with Crippen LogP contribution < -0.4 is 0 Å². The molecule has 0 bridgehead atoms. The second-order valence-electron chi connectivity index (χ2n) is 3.59. The summed E-state index contributed by atoms with van der Waals surface area (Å²) in [6.45, 7) is 1.18.